The summed E-state index contributed by atoms with van der Waals surface area (Å²) < 4.78 is 5.53. The molecule has 0 saturated carbocycles. The minimum atomic E-state index is 0.301. The number of hydrogen-bond acceptors (Lipinski definition) is 4. The Labute approximate surface area is 114 Å². The number of ether oxygens (including phenoxy) is 1. The van der Waals surface area contributed by atoms with Crippen molar-refractivity contribution in [3.05, 3.63) is 22.4 Å². The standard InChI is InChI=1S/C14H24N2OS/c1-11(8-13-4-3-7-18-13)16(2)9-12-10-17-6-5-14(12)15/h3-4,7,11-12,14H,5-6,8-10,15H2,1-2H3. The Bertz CT molecular complexity index is 342. The van der Waals surface area contributed by atoms with Crippen LogP contribution < -0.4 is 5.73 Å². The number of nitrogens with two attached hydrogens (primary N) is 1. The van der Waals surface area contributed by atoms with E-state index in [2.05, 4.69) is 36.4 Å². The molecule has 0 bridgehead atoms. The van der Waals surface area contributed by atoms with Gasteiger partial charge in [0.2, 0.25) is 0 Å². The van der Waals surface area contributed by atoms with Gasteiger partial charge < -0.3 is 15.4 Å². The Hall–Kier alpha value is -0.420. The lowest BCUT2D eigenvalue weighted by Crippen LogP contribution is -2.46. The van der Waals surface area contributed by atoms with Crippen LogP contribution in [0.3, 0.4) is 0 Å². The Kier molecular flexibility index (Phi) is 5.18. The van der Waals surface area contributed by atoms with E-state index >= 15 is 0 Å². The fourth-order valence-corrected chi connectivity index (χ4v) is 3.25. The van der Waals surface area contributed by atoms with Crippen LogP contribution in [0.1, 0.15) is 18.2 Å². The molecule has 0 aliphatic carbocycles. The van der Waals surface area contributed by atoms with Crippen molar-refractivity contribution in [2.45, 2.75) is 31.8 Å². The minimum absolute atomic E-state index is 0.301. The fourth-order valence-electron chi connectivity index (χ4n) is 2.43. The maximum absolute atomic E-state index is 6.16. The molecule has 3 nitrogen and oxygen atoms in total. The van der Waals surface area contributed by atoms with Gasteiger partial charge in [0.1, 0.15) is 0 Å². The first-order chi connectivity index (χ1) is 8.66. The molecule has 1 aliphatic rings. The Morgan fingerprint density at radius 1 is 1.61 bits per heavy atom. The molecule has 1 aromatic heterocycles. The number of rotatable bonds is 5. The predicted molar refractivity (Wildman–Crippen MR) is 77.0 cm³/mol. The van der Waals surface area contributed by atoms with Gasteiger partial charge in [0, 0.05) is 36.0 Å². The second-order valence-corrected chi connectivity index (χ2v) is 6.39. The molecule has 1 aromatic rings. The second kappa shape index (κ2) is 6.66. The SMILES string of the molecule is CC(Cc1cccs1)N(C)CC1COCCC1N. The maximum atomic E-state index is 6.16. The summed E-state index contributed by atoms with van der Waals surface area (Å²) in [6, 6.07) is 5.19. The predicted octanol–water partition coefficient (Wildman–Crippen LogP) is 1.97. The summed E-state index contributed by atoms with van der Waals surface area (Å²) in [5, 5.41) is 2.15. The lowest BCUT2D eigenvalue weighted by Gasteiger charge is -2.34. The van der Waals surface area contributed by atoms with Crippen molar-refractivity contribution in [1.82, 2.24) is 4.90 Å². The van der Waals surface area contributed by atoms with E-state index in [-0.39, 0.29) is 0 Å². The van der Waals surface area contributed by atoms with Gasteiger partial charge in [-0.05, 0) is 38.3 Å². The van der Waals surface area contributed by atoms with Gasteiger partial charge in [-0.15, -0.1) is 11.3 Å². The molecule has 2 rings (SSSR count). The average molecular weight is 268 g/mol. The van der Waals surface area contributed by atoms with Crippen LogP contribution in [0.15, 0.2) is 17.5 Å². The Morgan fingerprint density at radius 2 is 2.44 bits per heavy atom. The first-order valence-corrected chi connectivity index (χ1v) is 7.60. The van der Waals surface area contributed by atoms with Gasteiger partial charge in [-0.1, -0.05) is 6.07 Å². The van der Waals surface area contributed by atoms with E-state index < -0.39 is 0 Å². The Balaban J connectivity index is 1.81. The third-order valence-corrected chi connectivity index (χ3v) is 4.78. The molecule has 102 valence electrons. The first-order valence-electron chi connectivity index (χ1n) is 6.72. The van der Waals surface area contributed by atoms with Crippen LogP contribution in [0.2, 0.25) is 0 Å². The third-order valence-electron chi connectivity index (χ3n) is 3.88. The molecule has 1 aliphatic heterocycles. The van der Waals surface area contributed by atoms with E-state index in [1.165, 1.54) is 4.88 Å². The molecular formula is C14H24N2OS. The smallest absolute Gasteiger partial charge is 0.0521 e. The maximum Gasteiger partial charge on any atom is 0.0521 e. The van der Waals surface area contributed by atoms with Crippen molar-refractivity contribution in [3.8, 4) is 0 Å². The number of hydrogen-bond donors (Lipinski definition) is 1. The minimum Gasteiger partial charge on any atom is -0.381 e. The van der Waals surface area contributed by atoms with E-state index in [0.717, 1.165) is 32.6 Å². The molecule has 3 atom stereocenters. The summed E-state index contributed by atoms with van der Waals surface area (Å²) in [7, 11) is 2.19. The van der Waals surface area contributed by atoms with Crippen molar-refractivity contribution in [2.24, 2.45) is 11.7 Å². The van der Waals surface area contributed by atoms with Crippen LogP contribution in [0.4, 0.5) is 0 Å². The zero-order valence-electron chi connectivity index (χ0n) is 11.3. The van der Waals surface area contributed by atoms with Crippen molar-refractivity contribution in [3.63, 3.8) is 0 Å². The van der Waals surface area contributed by atoms with Gasteiger partial charge in [0.25, 0.3) is 0 Å². The zero-order valence-corrected chi connectivity index (χ0v) is 12.2. The molecule has 1 saturated heterocycles. The van der Waals surface area contributed by atoms with E-state index in [0.29, 0.717) is 18.0 Å². The van der Waals surface area contributed by atoms with Crippen LogP contribution in [-0.2, 0) is 11.2 Å². The number of nitrogens with zero attached hydrogens (tertiary/aromatic N) is 1. The Morgan fingerprint density at radius 3 is 3.11 bits per heavy atom. The third kappa shape index (κ3) is 3.79. The van der Waals surface area contributed by atoms with Crippen LogP contribution >= 0.6 is 11.3 Å². The van der Waals surface area contributed by atoms with Crippen LogP contribution in [0, 0.1) is 5.92 Å². The molecule has 2 N–H and O–H groups in total. The molecule has 0 radical (unpaired) electrons. The van der Waals surface area contributed by atoms with E-state index in [4.69, 9.17) is 10.5 Å². The quantitative estimate of drug-likeness (QED) is 0.887. The largest absolute Gasteiger partial charge is 0.381 e. The molecule has 2 heterocycles. The normalized spacial score (nSPS) is 26.4. The molecule has 18 heavy (non-hydrogen) atoms. The van der Waals surface area contributed by atoms with Crippen LogP contribution in [-0.4, -0.2) is 43.8 Å². The van der Waals surface area contributed by atoms with Gasteiger partial charge in [0.05, 0.1) is 6.61 Å². The monoisotopic (exact) mass is 268 g/mol. The highest BCUT2D eigenvalue weighted by Gasteiger charge is 2.25. The van der Waals surface area contributed by atoms with E-state index in [1.807, 2.05) is 11.3 Å². The van der Waals surface area contributed by atoms with Crippen molar-refractivity contribution < 1.29 is 4.74 Å². The fraction of sp³-hybridized carbons (Fsp3) is 0.714. The lowest BCUT2D eigenvalue weighted by molar-refractivity contribution is 0.0250. The van der Waals surface area contributed by atoms with Gasteiger partial charge in [-0.25, -0.2) is 0 Å². The summed E-state index contributed by atoms with van der Waals surface area (Å²) in [6.07, 6.45) is 2.12. The zero-order chi connectivity index (χ0) is 13.0. The summed E-state index contributed by atoms with van der Waals surface area (Å²) in [5.74, 6) is 0.481. The molecule has 3 unspecified atom stereocenters. The van der Waals surface area contributed by atoms with E-state index in [9.17, 15) is 0 Å². The summed E-state index contributed by atoms with van der Waals surface area (Å²) in [6.45, 7) is 4.96. The molecular weight excluding hydrogens is 244 g/mol. The first kappa shape index (κ1) is 14.0. The van der Waals surface area contributed by atoms with Gasteiger partial charge in [0.15, 0.2) is 0 Å². The summed E-state index contributed by atoms with van der Waals surface area (Å²) >= 11 is 1.84. The second-order valence-electron chi connectivity index (χ2n) is 5.36. The molecule has 0 spiro atoms. The number of likely N-dealkylation sites (N-methyl/N-ethyl adjacent to an activating group) is 1. The lowest BCUT2D eigenvalue weighted by atomic mass is 9.95. The molecule has 1 fully saturated rings. The highest BCUT2D eigenvalue weighted by Crippen LogP contribution is 2.17. The van der Waals surface area contributed by atoms with Gasteiger partial charge >= 0.3 is 0 Å². The van der Waals surface area contributed by atoms with Crippen LogP contribution in [0.25, 0.3) is 0 Å². The highest BCUT2D eigenvalue weighted by atomic mass is 32.1. The van der Waals surface area contributed by atoms with Gasteiger partial charge in [-0.3, -0.25) is 0 Å². The van der Waals surface area contributed by atoms with Crippen molar-refractivity contribution >= 4 is 11.3 Å². The van der Waals surface area contributed by atoms with Crippen molar-refractivity contribution in [1.29, 1.82) is 0 Å². The van der Waals surface area contributed by atoms with E-state index in [1.54, 1.807) is 0 Å². The number of thiophene rings is 1. The van der Waals surface area contributed by atoms with Crippen molar-refractivity contribution in [2.75, 3.05) is 26.8 Å². The average Bonchev–Trinajstić information content (AvgIpc) is 2.84. The molecule has 0 amide bonds. The van der Waals surface area contributed by atoms with Crippen LogP contribution in [0.5, 0.6) is 0 Å². The molecule has 0 aromatic carbocycles. The summed E-state index contributed by atoms with van der Waals surface area (Å²) in [4.78, 5) is 3.87. The topological polar surface area (TPSA) is 38.5 Å². The summed E-state index contributed by atoms with van der Waals surface area (Å²) in [5.41, 5.74) is 6.16. The van der Waals surface area contributed by atoms with Gasteiger partial charge in [-0.2, -0.15) is 0 Å². The molecule has 4 heteroatoms. The highest BCUT2D eigenvalue weighted by molar-refractivity contribution is 7.09.